The molecule has 0 atom stereocenters. The van der Waals surface area contributed by atoms with Gasteiger partial charge in [0, 0.05) is 16.3 Å². The number of anilines is 1. The van der Waals surface area contributed by atoms with Gasteiger partial charge in [-0.1, -0.05) is 29.8 Å². The van der Waals surface area contributed by atoms with Gasteiger partial charge in [-0.05, 0) is 48.2 Å². The number of carbonyl (C=O) groups is 1. The van der Waals surface area contributed by atoms with E-state index in [1.807, 2.05) is 18.4 Å². The van der Waals surface area contributed by atoms with Crippen LogP contribution in [0.2, 0.25) is 5.02 Å². The van der Waals surface area contributed by atoms with Gasteiger partial charge in [0.15, 0.2) is 11.6 Å². The Morgan fingerprint density at radius 3 is 2.80 bits per heavy atom. The molecule has 0 radical (unpaired) electrons. The lowest BCUT2D eigenvalue weighted by Crippen LogP contribution is -2.10. The van der Waals surface area contributed by atoms with Crippen molar-refractivity contribution in [3.63, 3.8) is 0 Å². The Kier molecular flexibility index (Phi) is 5.36. The minimum atomic E-state index is -0.410. The summed E-state index contributed by atoms with van der Waals surface area (Å²) in [5.74, 6) is -0.442. The second-order valence-electron chi connectivity index (χ2n) is 5.46. The summed E-state index contributed by atoms with van der Waals surface area (Å²) in [4.78, 5) is 12.9. The number of carbonyl (C=O) groups excluding carboxylic acids is 1. The largest absolute Gasteiger partial charge is 0.486 e. The summed E-state index contributed by atoms with van der Waals surface area (Å²) < 4.78 is 19.0. The maximum absolute atomic E-state index is 13.5. The highest BCUT2D eigenvalue weighted by Crippen LogP contribution is 2.23. The molecule has 3 rings (SSSR count). The second-order valence-corrected chi connectivity index (χ2v) is 6.77. The molecule has 0 spiro atoms. The molecule has 0 fully saturated rings. The molecule has 25 heavy (non-hydrogen) atoms. The smallest absolute Gasteiger partial charge is 0.265 e. The fraction of sp³-hybridized carbons (Fsp3) is 0.105. The highest BCUT2D eigenvalue weighted by atomic mass is 35.5. The van der Waals surface area contributed by atoms with E-state index in [-0.39, 0.29) is 18.3 Å². The first-order valence-electron chi connectivity index (χ1n) is 7.55. The minimum absolute atomic E-state index is 0.189. The minimum Gasteiger partial charge on any atom is -0.486 e. The molecule has 1 aromatic heterocycles. The van der Waals surface area contributed by atoms with Crippen LogP contribution >= 0.6 is 22.9 Å². The van der Waals surface area contributed by atoms with E-state index in [4.69, 9.17) is 16.3 Å². The van der Waals surface area contributed by atoms with Crippen molar-refractivity contribution >= 4 is 34.5 Å². The summed E-state index contributed by atoms with van der Waals surface area (Å²) >= 11 is 7.37. The molecular weight excluding hydrogens is 361 g/mol. The number of hydrogen-bond acceptors (Lipinski definition) is 3. The molecule has 1 amide bonds. The Morgan fingerprint density at radius 2 is 2.04 bits per heavy atom. The fourth-order valence-corrected chi connectivity index (χ4v) is 3.13. The highest BCUT2D eigenvalue weighted by Gasteiger charge is 2.11. The van der Waals surface area contributed by atoms with Crippen molar-refractivity contribution in [2.45, 2.75) is 13.5 Å². The summed E-state index contributed by atoms with van der Waals surface area (Å²) in [5, 5.41) is 5.23. The van der Waals surface area contributed by atoms with Gasteiger partial charge in [0.25, 0.3) is 5.91 Å². The summed E-state index contributed by atoms with van der Waals surface area (Å²) in [6.07, 6.45) is 0. The Morgan fingerprint density at radius 1 is 1.24 bits per heavy atom. The van der Waals surface area contributed by atoms with Gasteiger partial charge in [-0.15, -0.1) is 11.3 Å². The van der Waals surface area contributed by atoms with Gasteiger partial charge in [0.1, 0.15) is 6.61 Å². The number of aryl methyl sites for hydroxylation is 1. The molecule has 1 heterocycles. The lowest BCUT2D eigenvalue weighted by molar-refractivity contribution is 0.103. The first-order valence-corrected chi connectivity index (χ1v) is 8.81. The van der Waals surface area contributed by atoms with E-state index in [1.165, 1.54) is 17.4 Å². The molecule has 6 heteroatoms. The van der Waals surface area contributed by atoms with E-state index in [2.05, 4.69) is 5.32 Å². The number of para-hydroxylation sites is 1. The molecule has 0 aliphatic rings. The van der Waals surface area contributed by atoms with Crippen molar-refractivity contribution < 1.29 is 13.9 Å². The molecule has 0 aliphatic heterocycles. The molecule has 0 saturated heterocycles. The summed E-state index contributed by atoms with van der Waals surface area (Å²) in [6.45, 7) is 2.09. The first-order chi connectivity index (χ1) is 12.0. The van der Waals surface area contributed by atoms with Crippen LogP contribution in [0, 0.1) is 12.7 Å². The van der Waals surface area contributed by atoms with Crippen LogP contribution in [-0.2, 0) is 6.61 Å². The Labute approximate surface area is 154 Å². The first kappa shape index (κ1) is 17.5. The third-order valence-corrected chi connectivity index (χ3v) is 4.92. The third kappa shape index (κ3) is 4.38. The van der Waals surface area contributed by atoms with Crippen LogP contribution in [0.5, 0.6) is 5.75 Å². The molecule has 0 aliphatic carbocycles. The van der Waals surface area contributed by atoms with Crippen LogP contribution in [-0.4, -0.2) is 5.91 Å². The zero-order chi connectivity index (χ0) is 17.8. The van der Waals surface area contributed by atoms with E-state index >= 15 is 0 Å². The van der Waals surface area contributed by atoms with Crippen LogP contribution in [0.4, 0.5) is 10.1 Å². The van der Waals surface area contributed by atoms with E-state index in [0.29, 0.717) is 15.6 Å². The summed E-state index contributed by atoms with van der Waals surface area (Å²) in [7, 11) is 0. The van der Waals surface area contributed by atoms with Crippen LogP contribution in [0.25, 0.3) is 0 Å². The molecule has 3 nitrogen and oxygen atoms in total. The average molecular weight is 376 g/mol. The van der Waals surface area contributed by atoms with E-state index in [0.717, 1.165) is 11.1 Å². The molecule has 2 aromatic carbocycles. The molecule has 0 saturated carbocycles. The van der Waals surface area contributed by atoms with Gasteiger partial charge in [-0.2, -0.15) is 0 Å². The van der Waals surface area contributed by atoms with Gasteiger partial charge >= 0.3 is 0 Å². The standard InChI is InChI=1S/C19H15ClFNO2S/c1-12-6-7-14(9-15(12)20)22-19(23)18-8-13(11-25-18)10-24-17-5-3-2-4-16(17)21/h2-9,11H,10H2,1H3,(H,22,23). The average Bonchev–Trinajstić information content (AvgIpc) is 3.07. The van der Waals surface area contributed by atoms with E-state index < -0.39 is 5.82 Å². The van der Waals surface area contributed by atoms with Gasteiger partial charge in [0.2, 0.25) is 0 Å². The zero-order valence-electron chi connectivity index (χ0n) is 13.4. The number of nitrogens with one attached hydrogen (secondary N) is 1. The summed E-state index contributed by atoms with van der Waals surface area (Å²) in [6, 6.07) is 13.3. The lowest BCUT2D eigenvalue weighted by Gasteiger charge is -2.06. The number of halogens is 2. The number of benzene rings is 2. The maximum Gasteiger partial charge on any atom is 0.265 e. The predicted octanol–water partition coefficient (Wildman–Crippen LogP) is 5.68. The second kappa shape index (κ2) is 7.68. The van der Waals surface area contributed by atoms with Crippen LogP contribution in [0.15, 0.2) is 53.9 Å². The molecule has 0 bridgehead atoms. The van der Waals surface area contributed by atoms with Gasteiger partial charge in [-0.3, -0.25) is 4.79 Å². The number of rotatable bonds is 5. The van der Waals surface area contributed by atoms with Gasteiger partial charge in [-0.25, -0.2) is 4.39 Å². The van der Waals surface area contributed by atoms with Crippen LogP contribution in [0.1, 0.15) is 20.8 Å². The van der Waals surface area contributed by atoms with Crippen LogP contribution < -0.4 is 10.1 Å². The Hall–Kier alpha value is -2.37. The number of thiophene rings is 1. The number of hydrogen-bond donors (Lipinski definition) is 1. The van der Waals surface area contributed by atoms with Crippen molar-refractivity contribution in [1.82, 2.24) is 0 Å². The maximum atomic E-state index is 13.5. The van der Waals surface area contributed by atoms with Crippen LogP contribution in [0.3, 0.4) is 0 Å². The van der Waals surface area contributed by atoms with Crippen molar-refractivity contribution in [2.75, 3.05) is 5.32 Å². The number of amides is 1. The zero-order valence-corrected chi connectivity index (χ0v) is 15.0. The van der Waals surface area contributed by atoms with Crippen molar-refractivity contribution in [2.24, 2.45) is 0 Å². The Balaban J connectivity index is 1.63. The fourth-order valence-electron chi connectivity index (χ4n) is 2.16. The third-order valence-electron chi connectivity index (χ3n) is 3.54. The molecule has 128 valence electrons. The lowest BCUT2D eigenvalue weighted by atomic mass is 10.2. The molecule has 1 N–H and O–H groups in total. The monoisotopic (exact) mass is 375 g/mol. The quantitative estimate of drug-likeness (QED) is 0.623. The normalized spacial score (nSPS) is 10.5. The molecular formula is C19H15ClFNO2S. The SMILES string of the molecule is Cc1ccc(NC(=O)c2cc(COc3ccccc3F)cs2)cc1Cl. The molecule has 0 unspecified atom stereocenters. The van der Waals surface area contributed by atoms with Gasteiger partial charge < -0.3 is 10.1 Å². The number of ether oxygens (including phenoxy) is 1. The van der Waals surface area contributed by atoms with Gasteiger partial charge in [0.05, 0.1) is 4.88 Å². The van der Waals surface area contributed by atoms with E-state index in [9.17, 15) is 9.18 Å². The summed E-state index contributed by atoms with van der Waals surface area (Å²) in [5.41, 5.74) is 2.39. The van der Waals surface area contributed by atoms with Crippen molar-refractivity contribution in [3.05, 3.63) is 80.8 Å². The predicted molar refractivity (Wildman–Crippen MR) is 99.2 cm³/mol. The Bertz CT molecular complexity index is 910. The molecule has 3 aromatic rings. The van der Waals surface area contributed by atoms with E-state index in [1.54, 1.807) is 36.4 Å². The highest BCUT2D eigenvalue weighted by molar-refractivity contribution is 7.12. The van der Waals surface area contributed by atoms with Crippen molar-refractivity contribution in [1.29, 1.82) is 0 Å². The topological polar surface area (TPSA) is 38.3 Å². The van der Waals surface area contributed by atoms with Crippen molar-refractivity contribution in [3.8, 4) is 5.75 Å².